The molecule has 0 aliphatic carbocycles. The highest BCUT2D eigenvalue weighted by Crippen LogP contribution is 2.37. The van der Waals surface area contributed by atoms with Gasteiger partial charge in [0.1, 0.15) is 0 Å². The molecular weight excluding hydrogens is 354 g/mol. The number of urea groups is 1. The second kappa shape index (κ2) is 6.81. The van der Waals surface area contributed by atoms with Crippen molar-refractivity contribution in [2.24, 2.45) is 5.73 Å². The third-order valence-corrected chi connectivity index (χ3v) is 5.01. The maximum Gasteiger partial charge on any atom is 0.318 e. The Hall–Kier alpha value is -1.07. The van der Waals surface area contributed by atoms with Crippen molar-refractivity contribution in [3.8, 4) is 0 Å². The zero-order valence-electron chi connectivity index (χ0n) is 14.5. The molecule has 0 unspecified atom stereocenters. The number of amides is 2. The van der Waals surface area contributed by atoms with Gasteiger partial charge in [-0.25, -0.2) is 4.79 Å². The number of carbonyl (C=O) groups is 1. The highest BCUT2D eigenvalue weighted by atomic mass is 79.9. The van der Waals surface area contributed by atoms with Crippen LogP contribution in [0.5, 0.6) is 0 Å². The van der Waals surface area contributed by atoms with Gasteiger partial charge in [0.15, 0.2) is 0 Å². The van der Waals surface area contributed by atoms with Gasteiger partial charge in [0.2, 0.25) is 0 Å². The van der Waals surface area contributed by atoms with E-state index in [0.29, 0.717) is 6.54 Å². The zero-order valence-corrected chi connectivity index (χ0v) is 16.1. The summed E-state index contributed by atoms with van der Waals surface area (Å²) >= 11 is 3.47. The van der Waals surface area contributed by atoms with Crippen LogP contribution in [0.1, 0.15) is 46.1 Å². The molecule has 2 rings (SSSR count). The normalized spacial score (nSPS) is 20.3. The van der Waals surface area contributed by atoms with Gasteiger partial charge in [0.05, 0.1) is 0 Å². The summed E-state index contributed by atoms with van der Waals surface area (Å²) in [6, 6.07) is 8.32. The first-order valence-corrected chi connectivity index (χ1v) is 8.99. The standard InChI is InChI=1S/C18H28BrN3O/c1-17(2)11-15(20)12-18(3,4)22(17)16(23)21-9-8-13-6-5-7-14(19)10-13/h5-7,10,15H,8-9,11-12,20H2,1-4H3,(H,21,23). The lowest BCUT2D eigenvalue weighted by atomic mass is 9.77. The molecule has 128 valence electrons. The van der Waals surface area contributed by atoms with Crippen molar-refractivity contribution in [2.45, 2.75) is 64.1 Å². The smallest absolute Gasteiger partial charge is 0.318 e. The van der Waals surface area contributed by atoms with E-state index in [1.807, 2.05) is 17.0 Å². The van der Waals surface area contributed by atoms with Gasteiger partial charge in [-0.15, -0.1) is 0 Å². The van der Waals surface area contributed by atoms with Gasteiger partial charge in [-0.1, -0.05) is 28.1 Å². The molecule has 3 N–H and O–H groups in total. The molecule has 0 aromatic heterocycles. The maximum absolute atomic E-state index is 12.8. The SMILES string of the molecule is CC1(C)CC(N)CC(C)(C)N1C(=O)NCCc1cccc(Br)c1. The Kier molecular flexibility index (Phi) is 5.41. The second-order valence-corrected chi connectivity index (χ2v) is 8.66. The third-order valence-electron chi connectivity index (χ3n) is 4.52. The van der Waals surface area contributed by atoms with E-state index in [4.69, 9.17) is 5.73 Å². The van der Waals surface area contributed by atoms with E-state index in [-0.39, 0.29) is 23.2 Å². The molecular formula is C18H28BrN3O. The Morgan fingerprint density at radius 3 is 2.48 bits per heavy atom. The van der Waals surface area contributed by atoms with Crippen LogP contribution in [0, 0.1) is 0 Å². The molecule has 23 heavy (non-hydrogen) atoms. The van der Waals surface area contributed by atoms with Crippen molar-refractivity contribution in [3.05, 3.63) is 34.3 Å². The minimum atomic E-state index is -0.235. The number of nitrogens with zero attached hydrogens (tertiary/aromatic N) is 1. The lowest BCUT2D eigenvalue weighted by Crippen LogP contribution is -2.67. The molecule has 0 atom stereocenters. The van der Waals surface area contributed by atoms with Crippen LogP contribution in [0.15, 0.2) is 28.7 Å². The summed E-state index contributed by atoms with van der Waals surface area (Å²) in [6.45, 7) is 9.02. The highest BCUT2D eigenvalue weighted by molar-refractivity contribution is 9.10. The van der Waals surface area contributed by atoms with E-state index in [1.165, 1.54) is 5.56 Å². The average molecular weight is 382 g/mol. The van der Waals surface area contributed by atoms with E-state index in [2.05, 4.69) is 61.1 Å². The van der Waals surface area contributed by atoms with Crippen molar-refractivity contribution >= 4 is 22.0 Å². The van der Waals surface area contributed by atoms with Gasteiger partial charge >= 0.3 is 6.03 Å². The molecule has 1 fully saturated rings. The van der Waals surface area contributed by atoms with Crippen LogP contribution in [-0.4, -0.2) is 34.6 Å². The van der Waals surface area contributed by atoms with Crippen molar-refractivity contribution in [1.29, 1.82) is 0 Å². The quantitative estimate of drug-likeness (QED) is 0.838. The first-order chi connectivity index (χ1) is 10.6. The molecule has 1 saturated heterocycles. The molecule has 5 heteroatoms. The third kappa shape index (κ3) is 4.48. The Bertz CT molecular complexity index is 553. The van der Waals surface area contributed by atoms with E-state index in [1.54, 1.807) is 0 Å². The molecule has 4 nitrogen and oxygen atoms in total. The lowest BCUT2D eigenvalue weighted by Gasteiger charge is -2.54. The number of likely N-dealkylation sites (tertiary alicyclic amines) is 1. The van der Waals surface area contributed by atoms with Crippen LogP contribution in [-0.2, 0) is 6.42 Å². The fourth-order valence-corrected chi connectivity index (χ4v) is 4.44. The molecule has 0 bridgehead atoms. The van der Waals surface area contributed by atoms with E-state index in [0.717, 1.165) is 23.7 Å². The van der Waals surface area contributed by atoms with Crippen LogP contribution in [0.25, 0.3) is 0 Å². The molecule has 1 heterocycles. The number of nitrogens with one attached hydrogen (secondary N) is 1. The second-order valence-electron chi connectivity index (χ2n) is 7.74. The predicted molar refractivity (Wildman–Crippen MR) is 98.5 cm³/mol. The topological polar surface area (TPSA) is 58.4 Å². The van der Waals surface area contributed by atoms with Crippen molar-refractivity contribution in [2.75, 3.05) is 6.54 Å². The summed E-state index contributed by atoms with van der Waals surface area (Å²) in [4.78, 5) is 14.7. The fourth-order valence-electron chi connectivity index (χ4n) is 3.99. The molecule has 0 saturated carbocycles. The molecule has 1 aliphatic heterocycles. The number of rotatable bonds is 3. The Morgan fingerprint density at radius 2 is 1.91 bits per heavy atom. The number of halogens is 1. The summed E-state index contributed by atoms with van der Waals surface area (Å²) in [5, 5.41) is 3.08. The Balaban J connectivity index is 1.98. The van der Waals surface area contributed by atoms with Gasteiger partial charge in [0.25, 0.3) is 0 Å². The number of nitrogens with two attached hydrogens (primary N) is 1. The Labute approximate surface area is 147 Å². The average Bonchev–Trinajstić information content (AvgIpc) is 2.34. The van der Waals surface area contributed by atoms with Gasteiger partial charge in [0, 0.05) is 28.1 Å². The van der Waals surface area contributed by atoms with E-state index < -0.39 is 0 Å². The molecule has 2 amide bonds. The molecule has 1 aromatic rings. The first kappa shape index (κ1) is 18.3. The first-order valence-electron chi connectivity index (χ1n) is 8.20. The summed E-state index contributed by atoms with van der Waals surface area (Å²) in [7, 11) is 0. The van der Waals surface area contributed by atoms with Crippen LogP contribution in [0.2, 0.25) is 0 Å². The van der Waals surface area contributed by atoms with E-state index >= 15 is 0 Å². The van der Waals surface area contributed by atoms with Gasteiger partial charge in [-0.05, 0) is 64.7 Å². The molecule has 0 spiro atoms. The molecule has 0 radical (unpaired) electrons. The van der Waals surface area contributed by atoms with Crippen molar-refractivity contribution in [3.63, 3.8) is 0 Å². The van der Waals surface area contributed by atoms with Crippen molar-refractivity contribution < 1.29 is 4.79 Å². The van der Waals surface area contributed by atoms with Crippen LogP contribution in [0.4, 0.5) is 4.79 Å². The zero-order chi connectivity index (χ0) is 17.3. The summed E-state index contributed by atoms with van der Waals surface area (Å²) in [5.41, 5.74) is 6.91. The number of hydrogen-bond donors (Lipinski definition) is 2. The number of carbonyl (C=O) groups excluding carboxylic acids is 1. The van der Waals surface area contributed by atoms with Gasteiger partial charge in [-0.2, -0.15) is 0 Å². The van der Waals surface area contributed by atoms with Crippen molar-refractivity contribution in [1.82, 2.24) is 10.2 Å². The largest absolute Gasteiger partial charge is 0.338 e. The van der Waals surface area contributed by atoms with Gasteiger partial charge < -0.3 is 16.0 Å². The van der Waals surface area contributed by atoms with Gasteiger partial charge in [-0.3, -0.25) is 0 Å². The van der Waals surface area contributed by atoms with E-state index in [9.17, 15) is 4.79 Å². The molecule has 1 aromatic carbocycles. The summed E-state index contributed by atoms with van der Waals surface area (Å²) in [6.07, 6.45) is 2.48. The van der Waals surface area contributed by atoms with Crippen LogP contribution >= 0.6 is 15.9 Å². The minimum absolute atomic E-state index is 0.00176. The summed E-state index contributed by atoms with van der Waals surface area (Å²) in [5.74, 6) is 0. The highest BCUT2D eigenvalue weighted by Gasteiger charge is 2.46. The summed E-state index contributed by atoms with van der Waals surface area (Å²) < 4.78 is 1.06. The minimum Gasteiger partial charge on any atom is -0.338 e. The maximum atomic E-state index is 12.8. The van der Waals surface area contributed by atoms with Crippen LogP contribution < -0.4 is 11.1 Å². The number of hydrogen-bond acceptors (Lipinski definition) is 2. The number of benzene rings is 1. The predicted octanol–water partition coefficient (Wildman–Crippen LogP) is 3.68. The lowest BCUT2D eigenvalue weighted by molar-refractivity contribution is 0.00325. The molecule has 1 aliphatic rings. The fraction of sp³-hybridized carbons (Fsp3) is 0.611. The Morgan fingerprint density at radius 1 is 1.30 bits per heavy atom. The number of piperidine rings is 1. The monoisotopic (exact) mass is 381 g/mol. The van der Waals surface area contributed by atoms with Crippen LogP contribution in [0.3, 0.4) is 0 Å².